The van der Waals surface area contributed by atoms with Gasteiger partial charge in [0.2, 0.25) is 5.91 Å². The molecule has 0 radical (unpaired) electrons. The quantitative estimate of drug-likeness (QED) is 0.883. The van der Waals surface area contributed by atoms with Gasteiger partial charge in [-0.05, 0) is 18.2 Å². The maximum Gasteiger partial charge on any atom is 0.254 e. The number of halogens is 1. The monoisotopic (exact) mass is 367 g/mol. The van der Waals surface area contributed by atoms with Crippen LogP contribution >= 0.6 is 23.4 Å². The van der Waals surface area contributed by atoms with Crippen LogP contribution in [0.3, 0.4) is 0 Å². The summed E-state index contributed by atoms with van der Waals surface area (Å²) < 4.78 is 0. The number of hydrogen-bond donors (Lipinski definition) is 1. The summed E-state index contributed by atoms with van der Waals surface area (Å²) in [6.45, 7) is 3.33. The Labute approximate surface area is 151 Å². The molecule has 1 atom stereocenters. The number of rotatable bonds is 3. The molecule has 1 aromatic rings. The summed E-state index contributed by atoms with van der Waals surface area (Å²) in [5, 5.41) is 3.96. The SMILES string of the molecule is O=C(CC1CSCCN1)N1CCN(C(=O)c2cccc(Cl)c2)CC1. The molecule has 0 bridgehead atoms. The Morgan fingerprint density at radius 3 is 2.62 bits per heavy atom. The van der Waals surface area contributed by atoms with Crippen LogP contribution in [-0.2, 0) is 4.79 Å². The number of nitrogens with zero attached hydrogens (tertiary/aromatic N) is 2. The van der Waals surface area contributed by atoms with Gasteiger partial charge in [0.05, 0.1) is 0 Å². The largest absolute Gasteiger partial charge is 0.339 e. The number of carbonyl (C=O) groups excluding carboxylic acids is 2. The van der Waals surface area contributed by atoms with Crippen LogP contribution < -0.4 is 5.32 Å². The molecule has 2 heterocycles. The molecular weight excluding hydrogens is 346 g/mol. The number of hydrogen-bond acceptors (Lipinski definition) is 4. The fourth-order valence-electron chi connectivity index (χ4n) is 3.05. The lowest BCUT2D eigenvalue weighted by molar-refractivity contribution is -0.133. The van der Waals surface area contributed by atoms with Crippen LogP contribution in [0.25, 0.3) is 0 Å². The Bertz CT molecular complexity index is 599. The van der Waals surface area contributed by atoms with E-state index in [1.165, 1.54) is 0 Å². The van der Waals surface area contributed by atoms with Gasteiger partial charge >= 0.3 is 0 Å². The summed E-state index contributed by atoms with van der Waals surface area (Å²) in [6.07, 6.45) is 0.551. The summed E-state index contributed by atoms with van der Waals surface area (Å²) in [4.78, 5) is 28.6. The van der Waals surface area contributed by atoms with E-state index in [0.29, 0.717) is 43.2 Å². The van der Waals surface area contributed by atoms with E-state index in [4.69, 9.17) is 11.6 Å². The molecule has 2 aliphatic rings. The molecule has 0 saturated carbocycles. The molecule has 3 rings (SSSR count). The normalized spacial score (nSPS) is 21.6. The van der Waals surface area contributed by atoms with Crippen molar-refractivity contribution in [3.63, 3.8) is 0 Å². The van der Waals surface area contributed by atoms with Crippen molar-refractivity contribution in [1.29, 1.82) is 0 Å². The summed E-state index contributed by atoms with van der Waals surface area (Å²) in [5.74, 6) is 2.29. The highest BCUT2D eigenvalue weighted by atomic mass is 35.5. The minimum atomic E-state index is -0.0186. The molecule has 7 heteroatoms. The van der Waals surface area contributed by atoms with E-state index >= 15 is 0 Å². The van der Waals surface area contributed by atoms with E-state index in [1.807, 2.05) is 16.7 Å². The van der Waals surface area contributed by atoms with E-state index < -0.39 is 0 Å². The molecule has 2 saturated heterocycles. The molecule has 2 aliphatic heterocycles. The van der Waals surface area contributed by atoms with Gasteiger partial charge in [-0.15, -0.1) is 0 Å². The lowest BCUT2D eigenvalue weighted by atomic mass is 10.1. The molecule has 2 amide bonds. The first kappa shape index (κ1) is 17.6. The number of carbonyl (C=O) groups is 2. The third kappa shape index (κ3) is 4.43. The van der Waals surface area contributed by atoms with Crippen molar-refractivity contribution in [1.82, 2.24) is 15.1 Å². The minimum Gasteiger partial charge on any atom is -0.339 e. The van der Waals surface area contributed by atoms with Crippen LogP contribution in [-0.4, -0.2) is 71.9 Å². The lowest BCUT2D eigenvalue weighted by Gasteiger charge is -2.36. The Balaban J connectivity index is 1.50. The second-order valence-electron chi connectivity index (χ2n) is 6.11. The highest BCUT2D eigenvalue weighted by Gasteiger charge is 2.26. The summed E-state index contributed by atoms with van der Waals surface area (Å²) in [5.41, 5.74) is 0.603. The predicted octanol–water partition coefficient (Wildman–Crippen LogP) is 1.72. The maximum atomic E-state index is 12.5. The highest BCUT2D eigenvalue weighted by Crippen LogP contribution is 2.16. The van der Waals surface area contributed by atoms with Crippen molar-refractivity contribution in [2.75, 3.05) is 44.2 Å². The fraction of sp³-hybridized carbons (Fsp3) is 0.529. The minimum absolute atomic E-state index is 0.0186. The van der Waals surface area contributed by atoms with Gasteiger partial charge in [-0.25, -0.2) is 0 Å². The molecule has 2 fully saturated rings. The van der Waals surface area contributed by atoms with Gasteiger partial charge in [0.1, 0.15) is 0 Å². The smallest absolute Gasteiger partial charge is 0.254 e. The van der Waals surface area contributed by atoms with E-state index in [1.54, 1.807) is 29.2 Å². The van der Waals surface area contributed by atoms with Crippen LogP contribution in [0.4, 0.5) is 0 Å². The Kier molecular flexibility index (Phi) is 6.03. The van der Waals surface area contributed by atoms with E-state index in [9.17, 15) is 9.59 Å². The molecule has 1 aromatic carbocycles. The average molecular weight is 368 g/mol. The van der Waals surface area contributed by atoms with Gasteiger partial charge in [0, 0.05) is 67.3 Å². The number of benzene rings is 1. The Morgan fingerprint density at radius 2 is 1.96 bits per heavy atom. The second kappa shape index (κ2) is 8.23. The molecule has 130 valence electrons. The standard InChI is InChI=1S/C17H22ClN3O2S/c18-14-3-1-2-13(10-14)17(23)21-7-5-20(6-8-21)16(22)11-15-12-24-9-4-19-15/h1-3,10,15,19H,4-9,11-12H2. The zero-order valence-corrected chi connectivity index (χ0v) is 15.1. The van der Waals surface area contributed by atoms with Gasteiger partial charge in [-0.3, -0.25) is 9.59 Å². The Hall–Kier alpha value is -1.24. The van der Waals surface area contributed by atoms with E-state index in [0.717, 1.165) is 18.1 Å². The molecule has 0 aliphatic carbocycles. The molecule has 0 aromatic heterocycles. The highest BCUT2D eigenvalue weighted by molar-refractivity contribution is 7.99. The van der Waals surface area contributed by atoms with Crippen LogP contribution in [0, 0.1) is 0 Å². The van der Waals surface area contributed by atoms with Crippen LogP contribution in [0.5, 0.6) is 0 Å². The fourth-order valence-corrected chi connectivity index (χ4v) is 4.19. The van der Waals surface area contributed by atoms with Crippen LogP contribution in [0.1, 0.15) is 16.8 Å². The van der Waals surface area contributed by atoms with Gasteiger partial charge in [0.15, 0.2) is 0 Å². The van der Waals surface area contributed by atoms with Gasteiger partial charge in [-0.2, -0.15) is 11.8 Å². The first-order valence-corrected chi connectivity index (χ1v) is 9.80. The molecular formula is C17H22ClN3O2S. The summed E-state index contributed by atoms with van der Waals surface area (Å²) in [7, 11) is 0. The summed E-state index contributed by atoms with van der Waals surface area (Å²) >= 11 is 7.85. The van der Waals surface area contributed by atoms with Crippen LogP contribution in [0.15, 0.2) is 24.3 Å². The van der Waals surface area contributed by atoms with Gasteiger partial charge < -0.3 is 15.1 Å². The van der Waals surface area contributed by atoms with Gasteiger partial charge in [-0.1, -0.05) is 17.7 Å². The molecule has 1 unspecified atom stereocenters. The van der Waals surface area contributed by atoms with E-state index in [-0.39, 0.29) is 17.9 Å². The summed E-state index contributed by atoms with van der Waals surface area (Å²) in [6, 6.07) is 7.28. The Morgan fingerprint density at radius 1 is 1.21 bits per heavy atom. The van der Waals surface area contributed by atoms with Crippen molar-refractivity contribution >= 4 is 35.2 Å². The second-order valence-corrected chi connectivity index (χ2v) is 7.70. The zero-order chi connectivity index (χ0) is 16.9. The third-order valence-corrected chi connectivity index (χ3v) is 5.78. The zero-order valence-electron chi connectivity index (χ0n) is 13.5. The van der Waals surface area contributed by atoms with E-state index in [2.05, 4.69) is 5.32 Å². The molecule has 5 nitrogen and oxygen atoms in total. The number of thioether (sulfide) groups is 1. The first-order chi connectivity index (χ1) is 11.6. The average Bonchev–Trinajstić information content (AvgIpc) is 2.62. The number of amides is 2. The van der Waals surface area contributed by atoms with Crippen molar-refractivity contribution < 1.29 is 9.59 Å². The third-order valence-electron chi connectivity index (χ3n) is 4.41. The molecule has 0 spiro atoms. The lowest BCUT2D eigenvalue weighted by Crippen LogP contribution is -2.52. The van der Waals surface area contributed by atoms with Crippen molar-refractivity contribution in [2.24, 2.45) is 0 Å². The van der Waals surface area contributed by atoms with Crippen LogP contribution in [0.2, 0.25) is 5.02 Å². The van der Waals surface area contributed by atoms with Gasteiger partial charge in [0.25, 0.3) is 5.91 Å². The predicted molar refractivity (Wildman–Crippen MR) is 97.7 cm³/mol. The molecule has 1 N–H and O–H groups in total. The van der Waals surface area contributed by atoms with Crippen molar-refractivity contribution in [3.8, 4) is 0 Å². The van der Waals surface area contributed by atoms with Crippen molar-refractivity contribution in [2.45, 2.75) is 12.5 Å². The van der Waals surface area contributed by atoms with Crippen molar-refractivity contribution in [3.05, 3.63) is 34.9 Å². The molecule has 24 heavy (non-hydrogen) atoms. The number of piperazine rings is 1. The maximum absolute atomic E-state index is 12.5. The topological polar surface area (TPSA) is 52.7 Å². The number of nitrogens with one attached hydrogen (secondary N) is 1. The first-order valence-electron chi connectivity index (χ1n) is 8.27.